The predicted octanol–water partition coefficient (Wildman–Crippen LogP) is 3.07. The molecule has 1 aliphatic rings. The van der Waals surface area contributed by atoms with E-state index in [1.54, 1.807) is 18.7 Å². The van der Waals surface area contributed by atoms with Gasteiger partial charge in [-0.25, -0.2) is 4.79 Å². The van der Waals surface area contributed by atoms with Gasteiger partial charge in [0.15, 0.2) is 24.3 Å². The van der Waals surface area contributed by atoms with Crippen molar-refractivity contribution in [1.29, 1.82) is 0 Å². The predicted molar refractivity (Wildman–Crippen MR) is 120 cm³/mol. The summed E-state index contributed by atoms with van der Waals surface area (Å²) in [7, 11) is 4.29. The third kappa shape index (κ3) is 5.78. The first kappa shape index (κ1) is 24.9. The highest BCUT2D eigenvalue weighted by molar-refractivity contribution is 5.89. The zero-order chi connectivity index (χ0) is 24.0. The molecule has 2 aromatic rings. The largest absolute Gasteiger partial charge is 0.467 e. The zero-order valence-electron chi connectivity index (χ0n) is 19.6. The molecule has 33 heavy (non-hydrogen) atoms. The number of carbonyl (C=O) groups excluding carboxylic acids is 2. The molecule has 1 unspecified atom stereocenters. The lowest BCUT2D eigenvalue weighted by Crippen LogP contribution is -2.50. The first-order chi connectivity index (χ1) is 15.8. The summed E-state index contributed by atoms with van der Waals surface area (Å²) in [6.45, 7) is 3.54. The van der Waals surface area contributed by atoms with Gasteiger partial charge in [-0.1, -0.05) is 60.7 Å². The maximum absolute atomic E-state index is 14.0. The Morgan fingerprint density at radius 1 is 0.909 bits per heavy atom. The van der Waals surface area contributed by atoms with E-state index >= 15 is 0 Å². The first-order valence-corrected chi connectivity index (χ1v) is 10.7. The average Bonchev–Trinajstić information content (AvgIpc) is 3.17. The van der Waals surface area contributed by atoms with Crippen molar-refractivity contribution >= 4 is 11.9 Å². The topological polar surface area (TPSA) is 83.5 Å². The van der Waals surface area contributed by atoms with Gasteiger partial charge < -0.3 is 28.6 Å². The van der Waals surface area contributed by atoms with E-state index < -0.39 is 42.2 Å². The van der Waals surface area contributed by atoms with Gasteiger partial charge in [0.2, 0.25) is 0 Å². The normalized spacial score (nSPS) is 20.4. The van der Waals surface area contributed by atoms with E-state index in [2.05, 4.69) is 0 Å². The molecule has 3 atom stereocenters. The molecule has 0 aliphatic carbocycles. The van der Waals surface area contributed by atoms with Crippen LogP contribution < -0.4 is 0 Å². The van der Waals surface area contributed by atoms with Gasteiger partial charge in [0.25, 0.3) is 5.91 Å². The second-order valence-corrected chi connectivity index (χ2v) is 8.15. The summed E-state index contributed by atoms with van der Waals surface area (Å²) in [5.74, 6) is -2.25. The first-order valence-electron chi connectivity index (χ1n) is 10.7. The highest BCUT2D eigenvalue weighted by Gasteiger charge is 2.52. The molecule has 0 saturated carbocycles. The number of hydrogen-bond acceptors (Lipinski definition) is 7. The van der Waals surface area contributed by atoms with E-state index in [0.29, 0.717) is 0 Å². The number of rotatable bonds is 9. The number of ether oxygens (including phenoxy) is 5. The molecule has 0 aromatic heterocycles. The molecule has 0 radical (unpaired) electrons. The Bertz CT molecular complexity index is 915. The van der Waals surface area contributed by atoms with E-state index in [0.717, 1.165) is 11.1 Å². The lowest BCUT2D eigenvalue weighted by Gasteiger charge is -2.37. The van der Waals surface area contributed by atoms with E-state index in [-0.39, 0.29) is 6.54 Å². The molecule has 8 nitrogen and oxygen atoms in total. The van der Waals surface area contributed by atoms with Gasteiger partial charge in [-0.15, -0.1) is 0 Å². The summed E-state index contributed by atoms with van der Waals surface area (Å²) in [6.07, 6.45) is -3.17. The summed E-state index contributed by atoms with van der Waals surface area (Å²) in [4.78, 5) is 28.1. The number of benzene rings is 2. The van der Waals surface area contributed by atoms with Crippen molar-refractivity contribution in [3.05, 3.63) is 71.8 Å². The third-order valence-corrected chi connectivity index (χ3v) is 5.45. The number of esters is 1. The Balaban J connectivity index is 2.07. The third-order valence-electron chi connectivity index (χ3n) is 5.45. The Morgan fingerprint density at radius 3 is 2.00 bits per heavy atom. The molecule has 8 heteroatoms. The number of carbonyl (C=O) groups is 2. The summed E-state index contributed by atoms with van der Waals surface area (Å²) in [5, 5.41) is 0. The Labute approximate surface area is 194 Å². The maximum Gasteiger partial charge on any atom is 0.338 e. The van der Waals surface area contributed by atoms with Crippen LogP contribution in [-0.2, 0) is 39.8 Å². The molecule has 178 valence electrons. The van der Waals surface area contributed by atoms with Crippen molar-refractivity contribution in [2.45, 2.75) is 50.7 Å². The van der Waals surface area contributed by atoms with E-state index in [4.69, 9.17) is 23.7 Å². The van der Waals surface area contributed by atoms with Crippen molar-refractivity contribution in [3.63, 3.8) is 0 Å². The highest BCUT2D eigenvalue weighted by atomic mass is 16.8. The molecule has 1 amide bonds. The molecule has 3 rings (SSSR count). The van der Waals surface area contributed by atoms with Crippen molar-refractivity contribution < 1.29 is 33.3 Å². The van der Waals surface area contributed by atoms with Gasteiger partial charge >= 0.3 is 5.97 Å². The minimum absolute atomic E-state index is 0.233. The molecule has 0 bridgehead atoms. The Hall–Kier alpha value is -2.78. The molecule has 0 N–H and O–H groups in total. The van der Waals surface area contributed by atoms with E-state index in [1.165, 1.54) is 21.3 Å². The quantitative estimate of drug-likeness (QED) is 0.423. The van der Waals surface area contributed by atoms with Gasteiger partial charge in [-0.05, 0) is 25.0 Å². The molecule has 0 spiro atoms. The second kappa shape index (κ2) is 10.9. The van der Waals surface area contributed by atoms with Crippen LogP contribution >= 0.6 is 0 Å². The monoisotopic (exact) mass is 457 g/mol. The second-order valence-electron chi connectivity index (χ2n) is 8.15. The van der Waals surface area contributed by atoms with Crippen LogP contribution in [0.1, 0.15) is 31.0 Å². The number of nitrogens with zero attached hydrogens (tertiary/aromatic N) is 1. The molecular weight excluding hydrogens is 426 g/mol. The van der Waals surface area contributed by atoms with Crippen molar-refractivity contribution in [1.82, 2.24) is 4.90 Å². The van der Waals surface area contributed by atoms with Crippen LogP contribution in [0.2, 0.25) is 0 Å². The number of hydrogen-bond donors (Lipinski definition) is 0. The van der Waals surface area contributed by atoms with Gasteiger partial charge in [-0.3, -0.25) is 4.79 Å². The fraction of sp³-hybridized carbons (Fsp3) is 0.440. The minimum atomic E-state index is -1.20. The Kier molecular flexibility index (Phi) is 8.20. The molecule has 1 aliphatic heterocycles. The molecule has 1 heterocycles. The van der Waals surface area contributed by atoms with Gasteiger partial charge in [-0.2, -0.15) is 0 Å². The van der Waals surface area contributed by atoms with Crippen LogP contribution in [0.5, 0.6) is 0 Å². The van der Waals surface area contributed by atoms with Crippen LogP contribution in [-0.4, -0.2) is 62.4 Å². The van der Waals surface area contributed by atoms with Crippen molar-refractivity contribution in [3.8, 4) is 0 Å². The van der Waals surface area contributed by atoms with Crippen molar-refractivity contribution in [2.24, 2.45) is 0 Å². The zero-order valence-corrected chi connectivity index (χ0v) is 19.6. The molecule has 1 fully saturated rings. The van der Waals surface area contributed by atoms with Crippen LogP contribution in [0.25, 0.3) is 0 Å². The lowest BCUT2D eigenvalue weighted by molar-refractivity contribution is -0.179. The maximum atomic E-state index is 14.0. The van der Waals surface area contributed by atoms with Gasteiger partial charge in [0.1, 0.15) is 6.04 Å². The van der Waals surface area contributed by atoms with E-state index in [9.17, 15) is 9.59 Å². The molecule has 1 saturated heterocycles. The van der Waals surface area contributed by atoms with E-state index in [1.807, 2.05) is 60.7 Å². The minimum Gasteiger partial charge on any atom is -0.467 e. The standard InChI is InChI=1S/C25H31NO7/c1-25(2)32-20(21(33-25)23(28)29-3)22(27)26(16-17-12-8-6-9-13-17)19(24(30-4)31-5)18-14-10-7-11-15-18/h6-15,19-21,24H,16H2,1-5H3/t19?,20-,21-/m1/s1. The summed E-state index contributed by atoms with van der Waals surface area (Å²) in [6, 6.07) is 18.4. The van der Waals surface area contributed by atoms with Crippen molar-refractivity contribution in [2.75, 3.05) is 21.3 Å². The van der Waals surface area contributed by atoms with Crippen LogP contribution in [0.15, 0.2) is 60.7 Å². The summed E-state index contributed by atoms with van der Waals surface area (Å²) < 4.78 is 27.7. The smallest absolute Gasteiger partial charge is 0.338 e. The van der Waals surface area contributed by atoms with Gasteiger partial charge in [0, 0.05) is 20.8 Å². The van der Waals surface area contributed by atoms with Crippen LogP contribution in [0.3, 0.4) is 0 Å². The molecular formula is C25H31NO7. The van der Waals surface area contributed by atoms with Crippen LogP contribution in [0.4, 0.5) is 0 Å². The lowest BCUT2D eigenvalue weighted by atomic mass is 10.0. The fourth-order valence-electron chi connectivity index (χ4n) is 3.98. The fourth-order valence-corrected chi connectivity index (χ4v) is 3.98. The average molecular weight is 458 g/mol. The Morgan fingerprint density at radius 2 is 1.45 bits per heavy atom. The SMILES string of the molecule is COC(=O)[C@@H]1OC(C)(C)O[C@H]1C(=O)N(Cc1ccccc1)C(c1ccccc1)C(OC)OC. The molecule has 2 aromatic carbocycles. The number of amides is 1. The van der Waals surface area contributed by atoms with Crippen LogP contribution in [0, 0.1) is 0 Å². The number of methoxy groups -OCH3 is 3. The highest BCUT2D eigenvalue weighted by Crippen LogP contribution is 2.35. The summed E-state index contributed by atoms with van der Waals surface area (Å²) >= 11 is 0. The van der Waals surface area contributed by atoms with Gasteiger partial charge in [0.05, 0.1) is 7.11 Å². The summed E-state index contributed by atoms with van der Waals surface area (Å²) in [5.41, 5.74) is 1.70.